The Morgan fingerprint density at radius 1 is 1.68 bits per heavy atom. The summed E-state index contributed by atoms with van der Waals surface area (Å²) < 4.78 is 1.61. The molecular formula is C12H12BrN5O. The van der Waals surface area contributed by atoms with Gasteiger partial charge in [-0.3, -0.25) is 4.79 Å². The number of H-pyrrole nitrogens is 1. The first-order chi connectivity index (χ1) is 9.13. The Bertz CT molecular complexity index is 656. The molecule has 1 unspecified atom stereocenters. The summed E-state index contributed by atoms with van der Waals surface area (Å²) in [4.78, 5) is 19.1. The average molecular weight is 322 g/mol. The zero-order valence-corrected chi connectivity index (χ0v) is 11.8. The Labute approximate surface area is 118 Å². The van der Waals surface area contributed by atoms with Crippen LogP contribution in [-0.4, -0.2) is 19.7 Å². The molecule has 6 nitrogen and oxygen atoms in total. The highest BCUT2D eigenvalue weighted by Crippen LogP contribution is 2.21. The highest BCUT2D eigenvalue weighted by molar-refractivity contribution is 9.10. The molecule has 2 aromatic heterocycles. The predicted octanol–water partition coefficient (Wildman–Crippen LogP) is 1.54. The first-order valence-electron chi connectivity index (χ1n) is 5.58. The Morgan fingerprint density at radius 3 is 3.11 bits per heavy atom. The van der Waals surface area contributed by atoms with Crippen molar-refractivity contribution >= 4 is 21.6 Å². The first kappa shape index (κ1) is 13.4. The Balaban J connectivity index is 2.25. The summed E-state index contributed by atoms with van der Waals surface area (Å²) in [5.41, 5.74) is 0.330. The van der Waals surface area contributed by atoms with Gasteiger partial charge in [-0.2, -0.15) is 5.10 Å². The van der Waals surface area contributed by atoms with Crippen LogP contribution >= 0.6 is 15.9 Å². The molecule has 0 saturated carbocycles. The van der Waals surface area contributed by atoms with Crippen molar-refractivity contribution in [1.29, 1.82) is 0 Å². The number of aromatic amines is 1. The molecule has 1 atom stereocenters. The number of hydrogen-bond acceptors (Lipinski definition) is 4. The van der Waals surface area contributed by atoms with Crippen LogP contribution in [0, 0.1) is 12.3 Å². The zero-order chi connectivity index (χ0) is 13.8. The summed E-state index contributed by atoms with van der Waals surface area (Å²) in [6.07, 6.45) is 10.1. The molecule has 0 saturated heterocycles. The molecule has 2 rings (SSSR count). The van der Waals surface area contributed by atoms with Crippen molar-refractivity contribution in [1.82, 2.24) is 19.7 Å². The standard InChI is InChI=1S/C12H12BrN5O/c1-3-6-18-12(19)10(13)9(7-16-18)17-8(2)11-14-4-5-15-11/h1,4-5,7-8,17H,6H2,2H3,(H,14,15). The summed E-state index contributed by atoms with van der Waals surface area (Å²) >= 11 is 3.26. The highest BCUT2D eigenvalue weighted by atomic mass is 79.9. The molecule has 0 spiro atoms. The molecule has 0 fully saturated rings. The van der Waals surface area contributed by atoms with E-state index < -0.39 is 0 Å². The van der Waals surface area contributed by atoms with Crippen molar-refractivity contribution < 1.29 is 0 Å². The third-order valence-electron chi connectivity index (χ3n) is 2.53. The molecule has 0 aliphatic carbocycles. The number of aromatic nitrogens is 4. The van der Waals surface area contributed by atoms with Gasteiger partial charge in [0.25, 0.3) is 5.56 Å². The average Bonchev–Trinajstić information content (AvgIpc) is 2.92. The van der Waals surface area contributed by atoms with Gasteiger partial charge >= 0.3 is 0 Å². The lowest BCUT2D eigenvalue weighted by atomic mass is 10.3. The van der Waals surface area contributed by atoms with Crippen LogP contribution in [0.4, 0.5) is 5.69 Å². The van der Waals surface area contributed by atoms with E-state index in [0.29, 0.717) is 10.2 Å². The summed E-state index contributed by atoms with van der Waals surface area (Å²) in [7, 11) is 0. The smallest absolute Gasteiger partial charge is 0.284 e. The van der Waals surface area contributed by atoms with Gasteiger partial charge in [0.05, 0.1) is 17.9 Å². The minimum absolute atomic E-state index is 0.0732. The number of hydrogen-bond donors (Lipinski definition) is 2. The lowest BCUT2D eigenvalue weighted by Crippen LogP contribution is -2.24. The number of nitrogens with zero attached hydrogens (tertiary/aromatic N) is 3. The number of anilines is 1. The SMILES string of the molecule is C#CCn1ncc(NC(C)c2ncc[nH]2)c(Br)c1=O. The molecule has 2 heterocycles. The van der Waals surface area contributed by atoms with Gasteiger partial charge in [0, 0.05) is 12.4 Å². The molecule has 2 aromatic rings. The van der Waals surface area contributed by atoms with E-state index in [4.69, 9.17) is 6.42 Å². The van der Waals surface area contributed by atoms with Crippen LogP contribution in [0.1, 0.15) is 18.8 Å². The fourth-order valence-electron chi connectivity index (χ4n) is 1.58. The summed E-state index contributed by atoms with van der Waals surface area (Å²) in [6.45, 7) is 2.07. The van der Waals surface area contributed by atoms with Crippen molar-refractivity contribution in [2.24, 2.45) is 0 Å². The van der Waals surface area contributed by atoms with Crippen molar-refractivity contribution in [2.75, 3.05) is 5.32 Å². The number of rotatable bonds is 4. The van der Waals surface area contributed by atoms with Gasteiger partial charge in [-0.15, -0.1) is 6.42 Å². The third-order valence-corrected chi connectivity index (χ3v) is 3.29. The first-order valence-corrected chi connectivity index (χ1v) is 6.37. The molecule has 2 N–H and O–H groups in total. The fourth-order valence-corrected chi connectivity index (χ4v) is 2.00. The quantitative estimate of drug-likeness (QED) is 0.837. The Morgan fingerprint density at radius 2 is 2.47 bits per heavy atom. The molecule has 0 amide bonds. The van der Waals surface area contributed by atoms with E-state index in [-0.39, 0.29) is 18.1 Å². The molecule has 0 bridgehead atoms. The van der Waals surface area contributed by atoms with Crippen LogP contribution in [0.2, 0.25) is 0 Å². The van der Waals surface area contributed by atoms with Crippen molar-refractivity contribution in [2.45, 2.75) is 19.5 Å². The van der Waals surface area contributed by atoms with Crippen LogP contribution in [0.15, 0.2) is 27.9 Å². The van der Waals surface area contributed by atoms with E-state index in [0.717, 1.165) is 5.82 Å². The van der Waals surface area contributed by atoms with E-state index in [1.54, 1.807) is 18.6 Å². The maximum Gasteiger partial charge on any atom is 0.284 e. The maximum absolute atomic E-state index is 11.9. The van der Waals surface area contributed by atoms with Crippen LogP contribution < -0.4 is 10.9 Å². The summed E-state index contributed by atoms with van der Waals surface area (Å²) in [5.74, 6) is 3.16. The van der Waals surface area contributed by atoms with Gasteiger partial charge in [-0.25, -0.2) is 9.67 Å². The van der Waals surface area contributed by atoms with Crippen molar-refractivity contribution in [3.05, 3.63) is 39.2 Å². The second-order valence-electron chi connectivity index (χ2n) is 3.88. The van der Waals surface area contributed by atoms with E-state index in [1.165, 1.54) is 4.68 Å². The van der Waals surface area contributed by atoms with Gasteiger partial charge in [0.1, 0.15) is 16.8 Å². The topological polar surface area (TPSA) is 75.6 Å². The molecule has 7 heteroatoms. The highest BCUT2D eigenvalue weighted by Gasteiger charge is 2.13. The van der Waals surface area contributed by atoms with Gasteiger partial charge in [0.2, 0.25) is 0 Å². The Kier molecular flexibility index (Phi) is 4.02. The molecule has 19 heavy (non-hydrogen) atoms. The van der Waals surface area contributed by atoms with Gasteiger partial charge in [-0.05, 0) is 22.9 Å². The lowest BCUT2D eigenvalue weighted by Gasteiger charge is -2.14. The van der Waals surface area contributed by atoms with E-state index in [9.17, 15) is 4.79 Å². The van der Waals surface area contributed by atoms with Crippen molar-refractivity contribution in [3.8, 4) is 12.3 Å². The monoisotopic (exact) mass is 321 g/mol. The minimum atomic E-state index is -0.269. The third kappa shape index (κ3) is 2.85. The molecule has 98 valence electrons. The van der Waals surface area contributed by atoms with Gasteiger partial charge < -0.3 is 10.3 Å². The second kappa shape index (κ2) is 5.71. The van der Waals surface area contributed by atoms with Crippen molar-refractivity contribution in [3.63, 3.8) is 0 Å². The fraction of sp³-hybridized carbons (Fsp3) is 0.250. The molecule has 0 aromatic carbocycles. The number of terminal acetylenes is 1. The van der Waals surface area contributed by atoms with Crippen LogP contribution in [0.5, 0.6) is 0 Å². The maximum atomic E-state index is 11.9. The van der Waals surface area contributed by atoms with Crippen LogP contribution in [-0.2, 0) is 6.54 Å². The van der Waals surface area contributed by atoms with Gasteiger partial charge in [-0.1, -0.05) is 5.92 Å². The normalized spacial score (nSPS) is 11.8. The minimum Gasteiger partial charge on any atom is -0.373 e. The molecule has 0 aliphatic rings. The van der Waals surface area contributed by atoms with Crippen LogP contribution in [0.25, 0.3) is 0 Å². The predicted molar refractivity (Wildman–Crippen MR) is 75.7 cm³/mol. The largest absolute Gasteiger partial charge is 0.373 e. The number of halogens is 1. The lowest BCUT2D eigenvalue weighted by molar-refractivity contribution is 0.657. The summed E-state index contributed by atoms with van der Waals surface area (Å²) in [5, 5.41) is 7.16. The van der Waals surface area contributed by atoms with E-state index >= 15 is 0 Å². The molecular weight excluding hydrogens is 310 g/mol. The van der Waals surface area contributed by atoms with Gasteiger partial charge in [0.15, 0.2) is 0 Å². The number of nitrogens with one attached hydrogen (secondary N) is 2. The molecule has 0 aliphatic heterocycles. The number of imidazole rings is 1. The van der Waals surface area contributed by atoms with Crippen LogP contribution in [0.3, 0.4) is 0 Å². The van der Waals surface area contributed by atoms with E-state index in [2.05, 4.69) is 42.2 Å². The summed E-state index contributed by atoms with van der Waals surface area (Å²) in [6, 6.07) is -0.0732. The van der Waals surface area contributed by atoms with E-state index in [1.807, 2.05) is 6.92 Å². The Hall–Kier alpha value is -2.07. The zero-order valence-electron chi connectivity index (χ0n) is 10.2. The molecule has 0 radical (unpaired) electrons. The second-order valence-corrected chi connectivity index (χ2v) is 4.67.